The Balaban J connectivity index is 2.22. The monoisotopic (exact) mass is 252 g/mol. The van der Waals surface area contributed by atoms with E-state index in [1.807, 2.05) is 17.0 Å². The number of aliphatic hydroxyl groups excluding tert-OH is 1. The summed E-state index contributed by atoms with van der Waals surface area (Å²) in [5.41, 5.74) is 1.65. The van der Waals surface area contributed by atoms with Crippen LogP contribution in [0.5, 0.6) is 0 Å². The highest BCUT2D eigenvalue weighted by molar-refractivity contribution is 7.98. The summed E-state index contributed by atoms with van der Waals surface area (Å²) < 4.78 is 14.7. The minimum absolute atomic E-state index is 0.0655. The molecule has 0 unspecified atom stereocenters. The van der Waals surface area contributed by atoms with Gasteiger partial charge in [0.25, 0.3) is 0 Å². The third-order valence-electron chi connectivity index (χ3n) is 2.40. The lowest BCUT2D eigenvalue weighted by molar-refractivity contribution is 0.277. The molecule has 3 nitrogen and oxygen atoms in total. The zero-order valence-electron chi connectivity index (χ0n) is 9.43. The second-order valence-corrected chi connectivity index (χ2v) is 4.40. The van der Waals surface area contributed by atoms with Gasteiger partial charge in [-0.15, -0.1) is 0 Å². The average molecular weight is 252 g/mol. The Morgan fingerprint density at radius 1 is 1.35 bits per heavy atom. The molecule has 0 aliphatic heterocycles. The Bertz CT molecular complexity index is 496. The van der Waals surface area contributed by atoms with E-state index in [2.05, 4.69) is 4.98 Å². The average Bonchev–Trinajstić information content (AvgIpc) is 2.74. The number of nitrogens with zero attached hydrogens (tertiary/aromatic N) is 2. The molecule has 0 amide bonds. The van der Waals surface area contributed by atoms with Crippen LogP contribution in [0.2, 0.25) is 0 Å². The summed E-state index contributed by atoms with van der Waals surface area (Å²) in [7, 11) is 0. The van der Waals surface area contributed by atoms with Gasteiger partial charge in [0.2, 0.25) is 0 Å². The summed E-state index contributed by atoms with van der Waals surface area (Å²) in [6.07, 6.45) is 3.75. The first-order valence-electron chi connectivity index (χ1n) is 5.18. The van der Waals surface area contributed by atoms with Gasteiger partial charge in [0.15, 0.2) is 5.16 Å². The van der Waals surface area contributed by atoms with E-state index in [1.54, 1.807) is 12.1 Å². The summed E-state index contributed by atoms with van der Waals surface area (Å²) in [5, 5.41) is 9.88. The van der Waals surface area contributed by atoms with Gasteiger partial charge in [-0.25, -0.2) is 9.37 Å². The molecule has 0 spiro atoms. The molecule has 17 heavy (non-hydrogen) atoms. The number of imidazole rings is 1. The summed E-state index contributed by atoms with van der Waals surface area (Å²) >= 11 is 1.52. The molecule has 0 bridgehead atoms. The van der Waals surface area contributed by atoms with Crippen LogP contribution in [0, 0.1) is 5.82 Å². The Labute approximate surface area is 103 Å². The van der Waals surface area contributed by atoms with Crippen LogP contribution in [-0.4, -0.2) is 20.9 Å². The first-order valence-corrected chi connectivity index (χ1v) is 6.40. The summed E-state index contributed by atoms with van der Waals surface area (Å²) in [5.74, 6) is -0.236. The maximum Gasteiger partial charge on any atom is 0.168 e. The van der Waals surface area contributed by atoms with Crippen LogP contribution < -0.4 is 0 Å². The maximum absolute atomic E-state index is 12.8. The third-order valence-corrected chi connectivity index (χ3v) is 3.09. The number of halogens is 1. The van der Waals surface area contributed by atoms with Crippen molar-refractivity contribution in [3.05, 3.63) is 47.5 Å². The minimum Gasteiger partial charge on any atom is -0.390 e. The number of hydrogen-bond donors (Lipinski definition) is 1. The van der Waals surface area contributed by atoms with E-state index in [9.17, 15) is 4.39 Å². The van der Waals surface area contributed by atoms with Crippen LogP contribution in [0.1, 0.15) is 11.3 Å². The van der Waals surface area contributed by atoms with Crippen LogP contribution in [0.3, 0.4) is 0 Å². The van der Waals surface area contributed by atoms with Gasteiger partial charge in [-0.2, -0.15) is 0 Å². The van der Waals surface area contributed by atoms with Crippen molar-refractivity contribution < 1.29 is 9.50 Å². The SMILES string of the molecule is CSc1nc(CO)cn1Cc1ccc(F)cc1. The van der Waals surface area contributed by atoms with Crippen LogP contribution in [-0.2, 0) is 13.2 Å². The molecule has 1 heterocycles. The van der Waals surface area contributed by atoms with Gasteiger partial charge in [-0.05, 0) is 24.0 Å². The van der Waals surface area contributed by atoms with Crippen molar-refractivity contribution in [2.24, 2.45) is 0 Å². The quantitative estimate of drug-likeness (QED) is 0.848. The van der Waals surface area contributed by atoms with E-state index in [4.69, 9.17) is 5.11 Å². The smallest absolute Gasteiger partial charge is 0.168 e. The molecule has 1 N–H and O–H groups in total. The molecule has 90 valence electrons. The zero-order valence-corrected chi connectivity index (χ0v) is 10.2. The number of benzene rings is 1. The highest BCUT2D eigenvalue weighted by Crippen LogP contribution is 2.16. The Kier molecular flexibility index (Phi) is 3.81. The predicted molar refractivity (Wildman–Crippen MR) is 65.4 cm³/mol. The molecule has 1 aromatic carbocycles. The molecule has 2 aromatic rings. The van der Waals surface area contributed by atoms with Gasteiger partial charge in [-0.1, -0.05) is 23.9 Å². The van der Waals surface area contributed by atoms with Crippen LogP contribution in [0.4, 0.5) is 4.39 Å². The fourth-order valence-electron chi connectivity index (χ4n) is 1.59. The lowest BCUT2D eigenvalue weighted by atomic mass is 10.2. The van der Waals surface area contributed by atoms with E-state index in [-0.39, 0.29) is 12.4 Å². The van der Waals surface area contributed by atoms with E-state index in [1.165, 1.54) is 23.9 Å². The third kappa shape index (κ3) is 2.87. The zero-order chi connectivity index (χ0) is 12.3. The Morgan fingerprint density at radius 3 is 2.65 bits per heavy atom. The van der Waals surface area contributed by atoms with Crippen molar-refractivity contribution in [2.45, 2.75) is 18.3 Å². The first kappa shape index (κ1) is 12.1. The largest absolute Gasteiger partial charge is 0.390 e. The van der Waals surface area contributed by atoms with E-state index < -0.39 is 0 Å². The fraction of sp³-hybridized carbons (Fsp3) is 0.250. The van der Waals surface area contributed by atoms with Crippen molar-refractivity contribution in [3.63, 3.8) is 0 Å². The van der Waals surface area contributed by atoms with Crippen LogP contribution in [0.25, 0.3) is 0 Å². The standard InChI is InChI=1S/C12H13FN2OS/c1-17-12-14-11(8-16)7-15(12)6-9-2-4-10(13)5-3-9/h2-5,7,16H,6,8H2,1H3. The van der Waals surface area contributed by atoms with E-state index >= 15 is 0 Å². The molecule has 0 saturated heterocycles. The summed E-state index contributed by atoms with van der Waals surface area (Å²) in [6, 6.07) is 6.38. The van der Waals surface area contributed by atoms with Gasteiger partial charge in [0.05, 0.1) is 12.3 Å². The van der Waals surface area contributed by atoms with Gasteiger partial charge in [0.1, 0.15) is 5.82 Å². The van der Waals surface area contributed by atoms with Gasteiger partial charge < -0.3 is 9.67 Å². The topological polar surface area (TPSA) is 38.1 Å². The van der Waals surface area contributed by atoms with Gasteiger partial charge in [0, 0.05) is 12.7 Å². The highest BCUT2D eigenvalue weighted by atomic mass is 32.2. The first-order chi connectivity index (χ1) is 8.22. The molecule has 0 saturated carbocycles. The molecule has 1 aromatic heterocycles. The second kappa shape index (κ2) is 5.33. The Morgan fingerprint density at radius 2 is 2.06 bits per heavy atom. The normalized spacial score (nSPS) is 10.8. The van der Waals surface area contributed by atoms with Crippen molar-refractivity contribution >= 4 is 11.8 Å². The molecule has 0 fully saturated rings. The minimum atomic E-state index is -0.236. The van der Waals surface area contributed by atoms with Gasteiger partial charge in [-0.3, -0.25) is 0 Å². The Hall–Kier alpha value is -1.33. The van der Waals surface area contributed by atoms with Crippen molar-refractivity contribution in [1.82, 2.24) is 9.55 Å². The molecule has 0 aliphatic carbocycles. The summed E-state index contributed by atoms with van der Waals surface area (Å²) in [4.78, 5) is 4.26. The number of aliphatic hydroxyl groups is 1. The molecule has 0 aliphatic rings. The number of rotatable bonds is 4. The fourth-order valence-corrected chi connectivity index (χ4v) is 2.15. The molecule has 0 radical (unpaired) electrons. The van der Waals surface area contributed by atoms with Crippen molar-refractivity contribution in [3.8, 4) is 0 Å². The molecule has 5 heteroatoms. The number of hydrogen-bond acceptors (Lipinski definition) is 3. The number of aromatic nitrogens is 2. The molecular formula is C12H13FN2OS. The van der Waals surface area contributed by atoms with Crippen molar-refractivity contribution in [1.29, 1.82) is 0 Å². The predicted octanol–water partition coefficient (Wildman–Crippen LogP) is 2.28. The second-order valence-electron chi connectivity index (χ2n) is 3.63. The molecule has 2 rings (SSSR count). The maximum atomic E-state index is 12.8. The highest BCUT2D eigenvalue weighted by Gasteiger charge is 2.06. The number of thioether (sulfide) groups is 1. The lowest BCUT2D eigenvalue weighted by Crippen LogP contribution is -1.99. The van der Waals surface area contributed by atoms with Crippen LogP contribution >= 0.6 is 11.8 Å². The molecular weight excluding hydrogens is 239 g/mol. The van der Waals surface area contributed by atoms with Gasteiger partial charge >= 0.3 is 0 Å². The van der Waals surface area contributed by atoms with E-state index in [0.29, 0.717) is 12.2 Å². The lowest BCUT2D eigenvalue weighted by Gasteiger charge is -2.05. The molecule has 0 atom stereocenters. The van der Waals surface area contributed by atoms with Crippen molar-refractivity contribution in [2.75, 3.05) is 6.26 Å². The van der Waals surface area contributed by atoms with E-state index in [0.717, 1.165) is 10.7 Å². The summed E-state index contributed by atoms with van der Waals surface area (Å²) in [6.45, 7) is 0.563. The van der Waals surface area contributed by atoms with Crippen LogP contribution in [0.15, 0.2) is 35.6 Å².